The number of rotatable bonds is 8. The van der Waals surface area contributed by atoms with Gasteiger partial charge in [0.15, 0.2) is 0 Å². The van der Waals surface area contributed by atoms with Crippen LogP contribution in [0.25, 0.3) is 0 Å². The van der Waals surface area contributed by atoms with Crippen molar-refractivity contribution in [1.29, 1.82) is 0 Å². The fourth-order valence-electron chi connectivity index (χ4n) is 2.08. The van der Waals surface area contributed by atoms with Crippen molar-refractivity contribution in [1.82, 2.24) is 0 Å². The second kappa shape index (κ2) is 8.50. The van der Waals surface area contributed by atoms with Crippen LogP contribution in [-0.4, -0.2) is 18.1 Å². The van der Waals surface area contributed by atoms with Crippen LogP contribution in [0.15, 0.2) is 54.6 Å². The maximum atomic E-state index is 12.3. The van der Waals surface area contributed by atoms with Gasteiger partial charge < -0.3 is 14.8 Å². The highest BCUT2D eigenvalue weighted by atomic mass is 16.5. The summed E-state index contributed by atoms with van der Waals surface area (Å²) in [6.45, 7) is 6.64. The van der Waals surface area contributed by atoms with Crippen molar-refractivity contribution >= 4 is 11.6 Å². The van der Waals surface area contributed by atoms with E-state index in [2.05, 4.69) is 5.32 Å². The molecule has 1 amide bonds. The number of hydrogen-bond acceptors (Lipinski definition) is 3. The lowest BCUT2D eigenvalue weighted by atomic mass is 10.1. The smallest absolute Gasteiger partial charge is 0.256 e. The minimum Gasteiger partial charge on any atom is -0.489 e. The molecule has 0 unspecified atom stereocenters. The Morgan fingerprint density at radius 2 is 1.71 bits per heavy atom. The molecule has 0 aliphatic carbocycles. The number of hydrogen-bond donors (Lipinski definition) is 1. The van der Waals surface area contributed by atoms with Crippen molar-refractivity contribution in [2.75, 3.05) is 11.9 Å². The van der Waals surface area contributed by atoms with Crippen molar-refractivity contribution in [3.05, 3.63) is 60.2 Å². The van der Waals surface area contributed by atoms with Gasteiger partial charge in [0, 0.05) is 12.3 Å². The van der Waals surface area contributed by atoms with Crippen molar-refractivity contribution in [3.8, 4) is 5.75 Å². The molecule has 0 radical (unpaired) electrons. The molecule has 2 rings (SSSR count). The van der Waals surface area contributed by atoms with E-state index in [0.29, 0.717) is 13.2 Å². The van der Waals surface area contributed by atoms with E-state index in [1.807, 2.05) is 61.5 Å². The third kappa shape index (κ3) is 5.39. The van der Waals surface area contributed by atoms with Crippen molar-refractivity contribution in [2.45, 2.75) is 39.4 Å². The van der Waals surface area contributed by atoms with Gasteiger partial charge in [0.2, 0.25) is 0 Å². The first-order valence-corrected chi connectivity index (χ1v) is 8.23. The van der Waals surface area contributed by atoms with Crippen LogP contribution in [0.4, 0.5) is 5.69 Å². The van der Waals surface area contributed by atoms with E-state index in [4.69, 9.17) is 9.47 Å². The summed E-state index contributed by atoms with van der Waals surface area (Å²) in [5.74, 6) is 0.604. The van der Waals surface area contributed by atoms with Crippen molar-refractivity contribution in [3.63, 3.8) is 0 Å². The summed E-state index contributed by atoms with van der Waals surface area (Å²) in [6, 6.07) is 17.3. The zero-order valence-electron chi connectivity index (χ0n) is 14.5. The van der Waals surface area contributed by atoms with E-state index >= 15 is 0 Å². The van der Waals surface area contributed by atoms with Crippen LogP contribution in [0.5, 0.6) is 5.75 Å². The molecule has 0 aromatic heterocycles. The number of benzene rings is 2. The number of ether oxygens (including phenoxy) is 2. The Morgan fingerprint density at radius 1 is 1.04 bits per heavy atom. The molecule has 0 heterocycles. The highest BCUT2D eigenvalue weighted by Gasteiger charge is 2.28. The first-order valence-electron chi connectivity index (χ1n) is 8.23. The molecule has 2 aromatic carbocycles. The lowest BCUT2D eigenvalue weighted by molar-refractivity contribution is -0.137. The minimum absolute atomic E-state index is 0.158. The summed E-state index contributed by atoms with van der Waals surface area (Å²) in [7, 11) is 0. The Labute approximate surface area is 143 Å². The second-order valence-corrected chi connectivity index (χ2v) is 6.11. The average Bonchev–Trinajstić information content (AvgIpc) is 2.60. The minimum atomic E-state index is -0.849. The molecule has 0 bridgehead atoms. The molecular formula is C20H25NO3. The van der Waals surface area contributed by atoms with Crippen LogP contribution in [0.3, 0.4) is 0 Å². The normalized spacial score (nSPS) is 11.1. The van der Waals surface area contributed by atoms with Gasteiger partial charge in [-0.2, -0.15) is 0 Å². The summed E-state index contributed by atoms with van der Waals surface area (Å²) >= 11 is 0. The molecule has 0 saturated heterocycles. The summed E-state index contributed by atoms with van der Waals surface area (Å²) in [6.07, 6.45) is 0.879. The molecule has 0 saturated carbocycles. The van der Waals surface area contributed by atoms with Gasteiger partial charge in [0.25, 0.3) is 5.91 Å². The van der Waals surface area contributed by atoms with Gasteiger partial charge in [-0.25, -0.2) is 0 Å². The van der Waals surface area contributed by atoms with Crippen molar-refractivity contribution < 1.29 is 14.3 Å². The molecular weight excluding hydrogens is 302 g/mol. The highest BCUT2D eigenvalue weighted by Crippen LogP contribution is 2.19. The van der Waals surface area contributed by atoms with Crippen LogP contribution >= 0.6 is 0 Å². The van der Waals surface area contributed by atoms with E-state index in [0.717, 1.165) is 23.4 Å². The molecule has 0 aliphatic heterocycles. The largest absolute Gasteiger partial charge is 0.489 e. The van der Waals surface area contributed by atoms with Crippen LogP contribution < -0.4 is 10.1 Å². The third-order valence-electron chi connectivity index (χ3n) is 3.57. The lowest BCUT2D eigenvalue weighted by Gasteiger charge is -2.24. The Bertz CT molecular complexity index is 636. The summed E-state index contributed by atoms with van der Waals surface area (Å²) < 4.78 is 11.3. The Balaban J connectivity index is 1.88. The van der Waals surface area contributed by atoms with E-state index in [1.54, 1.807) is 13.8 Å². The standard InChI is InChI=1S/C20H25NO3/c1-4-14-24-20(2,3)19(22)21-17-10-12-18(13-11-17)23-15-16-8-6-5-7-9-16/h5-13H,4,14-15H2,1-3H3,(H,21,22). The van der Waals surface area contributed by atoms with E-state index in [1.165, 1.54) is 0 Å². The molecule has 4 heteroatoms. The van der Waals surface area contributed by atoms with E-state index in [9.17, 15) is 4.79 Å². The highest BCUT2D eigenvalue weighted by molar-refractivity contribution is 5.96. The van der Waals surface area contributed by atoms with Gasteiger partial charge in [-0.05, 0) is 50.1 Å². The summed E-state index contributed by atoms with van der Waals surface area (Å²) in [5.41, 5.74) is 0.989. The summed E-state index contributed by atoms with van der Waals surface area (Å²) in [4.78, 5) is 12.3. The number of nitrogens with one attached hydrogen (secondary N) is 1. The molecule has 1 N–H and O–H groups in total. The SMILES string of the molecule is CCCOC(C)(C)C(=O)Nc1ccc(OCc2ccccc2)cc1. The zero-order valence-corrected chi connectivity index (χ0v) is 14.5. The maximum Gasteiger partial charge on any atom is 0.256 e. The fraction of sp³-hybridized carbons (Fsp3) is 0.350. The topological polar surface area (TPSA) is 47.6 Å². The lowest BCUT2D eigenvalue weighted by Crippen LogP contribution is -2.40. The number of carbonyl (C=O) groups excluding carboxylic acids is 1. The predicted molar refractivity (Wildman–Crippen MR) is 96.2 cm³/mol. The molecule has 2 aromatic rings. The van der Waals surface area contributed by atoms with Crippen LogP contribution in [-0.2, 0) is 16.1 Å². The fourth-order valence-corrected chi connectivity index (χ4v) is 2.08. The molecule has 0 spiro atoms. The molecule has 0 atom stereocenters. The molecule has 24 heavy (non-hydrogen) atoms. The van der Waals surface area contributed by atoms with Crippen molar-refractivity contribution in [2.24, 2.45) is 0 Å². The molecule has 0 fully saturated rings. The zero-order chi connectivity index (χ0) is 17.4. The van der Waals surface area contributed by atoms with Gasteiger partial charge >= 0.3 is 0 Å². The third-order valence-corrected chi connectivity index (χ3v) is 3.57. The van der Waals surface area contributed by atoms with Crippen LogP contribution in [0, 0.1) is 0 Å². The quantitative estimate of drug-likeness (QED) is 0.781. The van der Waals surface area contributed by atoms with Gasteiger partial charge in [-0.3, -0.25) is 4.79 Å². The average molecular weight is 327 g/mol. The van der Waals surface area contributed by atoms with Gasteiger partial charge in [-0.15, -0.1) is 0 Å². The molecule has 0 aliphatic rings. The second-order valence-electron chi connectivity index (χ2n) is 6.11. The number of amides is 1. The molecule has 128 valence electrons. The van der Waals surface area contributed by atoms with Gasteiger partial charge in [-0.1, -0.05) is 37.3 Å². The van der Waals surface area contributed by atoms with Crippen LogP contribution in [0.1, 0.15) is 32.8 Å². The first kappa shape index (κ1) is 18.0. The first-order chi connectivity index (χ1) is 11.5. The van der Waals surface area contributed by atoms with Gasteiger partial charge in [0.1, 0.15) is 18.0 Å². The van der Waals surface area contributed by atoms with Gasteiger partial charge in [0.05, 0.1) is 0 Å². The Hall–Kier alpha value is -2.33. The Morgan fingerprint density at radius 3 is 2.33 bits per heavy atom. The Kier molecular flexibility index (Phi) is 6.38. The maximum absolute atomic E-state index is 12.3. The number of anilines is 1. The molecule has 4 nitrogen and oxygen atoms in total. The van der Waals surface area contributed by atoms with E-state index in [-0.39, 0.29) is 5.91 Å². The predicted octanol–water partition coefficient (Wildman–Crippen LogP) is 4.41. The van der Waals surface area contributed by atoms with Crippen LogP contribution in [0.2, 0.25) is 0 Å². The van der Waals surface area contributed by atoms with E-state index < -0.39 is 5.60 Å². The monoisotopic (exact) mass is 327 g/mol. The summed E-state index contributed by atoms with van der Waals surface area (Å²) in [5, 5.41) is 2.87. The number of carbonyl (C=O) groups is 1.